The summed E-state index contributed by atoms with van der Waals surface area (Å²) in [5.74, 6) is 0.931. The summed E-state index contributed by atoms with van der Waals surface area (Å²) in [6, 6.07) is 0. The molecule has 0 aromatic carbocycles. The lowest BCUT2D eigenvalue weighted by Crippen LogP contribution is -2.49. The molecule has 1 saturated heterocycles. The van der Waals surface area contributed by atoms with Crippen molar-refractivity contribution >= 4 is 0 Å². The summed E-state index contributed by atoms with van der Waals surface area (Å²) in [4.78, 5) is 2.49. The zero-order valence-corrected chi connectivity index (χ0v) is 7.34. The molecule has 2 heteroatoms. The van der Waals surface area contributed by atoms with Gasteiger partial charge in [-0.3, -0.25) is 4.90 Å². The van der Waals surface area contributed by atoms with E-state index < -0.39 is 0 Å². The van der Waals surface area contributed by atoms with Gasteiger partial charge in [-0.1, -0.05) is 0 Å². The Balaban J connectivity index is 2.13. The Kier molecular flexibility index (Phi) is 1.69. The molecule has 0 spiro atoms. The van der Waals surface area contributed by atoms with Gasteiger partial charge in [0, 0.05) is 12.1 Å². The molecule has 2 N–H and O–H groups in total. The standard InChI is InChI=1S/C9H18N2/c1-11-6-2-5-9(11,7-10)8-3-4-8/h8H,2-7,10H2,1H3. The van der Waals surface area contributed by atoms with Gasteiger partial charge >= 0.3 is 0 Å². The maximum Gasteiger partial charge on any atom is 0.0357 e. The molecule has 64 valence electrons. The smallest absolute Gasteiger partial charge is 0.0357 e. The van der Waals surface area contributed by atoms with Gasteiger partial charge in [-0.15, -0.1) is 0 Å². The van der Waals surface area contributed by atoms with E-state index in [0.29, 0.717) is 5.54 Å². The number of likely N-dealkylation sites (tertiary alicyclic amines) is 1. The number of nitrogens with zero attached hydrogens (tertiary/aromatic N) is 1. The maximum atomic E-state index is 5.86. The van der Waals surface area contributed by atoms with Crippen LogP contribution >= 0.6 is 0 Å². The summed E-state index contributed by atoms with van der Waals surface area (Å²) in [5, 5.41) is 0. The van der Waals surface area contributed by atoms with E-state index >= 15 is 0 Å². The van der Waals surface area contributed by atoms with Crippen molar-refractivity contribution in [1.82, 2.24) is 4.90 Å². The van der Waals surface area contributed by atoms with Crippen molar-refractivity contribution in [3.63, 3.8) is 0 Å². The highest BCUT2D eigenvalue weighted by Crippen LogP contribution is 2.47. The van der Waals surface area contributed by atoms with Crippen LogP contribution in [0.3, 0.4) is 0 Å². The Bertz CT molecular complexity index is 154. The second-order valence-electron chi connectivity index (χ2n) is 4.11. The van der Waals surface area contributed by atoms with E-state index in [1.165, 1.54) is 32.2 Å². The minimum Gasteiger partial charge on any atom is -0.329 e. The molecule has 0 amide bonds. The molecule has 1 saturated carbocycles. The van der Waals surface area contributed by atoms with Gasteiger partial charge in [0.05, 0.1) is 0 Å². The largest absolute Gasteiger partial charge is 0.329 e. The van der Waals surface area contributed by atoms with Crippen LogP contribution in [-0.2, 0) is 0 Å². The van der Waals surface area contributed by atoms with Crippen molar-refractivity contribution in [3.05, 3.63) is 0 Å². The summed E-state index contributed by atoms with van der Waals surface area (Å²) >= 11 is 0. The lowest BCUT2D eigenvalue weighted by molar-refractivity contribution is 0.153. The highest BCUT2D eigenvalue weighted by atomic mass is 15.2. The van der Waals surface area contributed by atoms with E-state index in [1.54, 1.807) is 0 Å². The summed E-state index contributed by atoms with van der Waals surface area (Å²) in [6.07, 6.45) is 5.53. The van der Waals surface area contributed by atoms with E-state index in [4.69, 9.17) is 5.73 Å². The van der Waals surface area contributed by atoms with E-state index in [2.05, 4.69) is 11.9 Å². The molecular formula is C9H18N2. The third-order valence-electron chi connectivity index (χ3n) is 3.55. The number of nitrogens with two attached hydrogens (primary N) is 1. The molecule has 0 radical (unpaired) electrons. The predicted molar refractivity (Wildman–Crippen MR) is 46.4 cm³/mol. The van der Waals surface area contributed by atoms with Crippen LogP contribution in [0.4, 0.5) is 0 Å². The number of rotatable bonds is 2. The second-order valence-corrected chi connectivity index (χ2v) is 4.11. The van der Waals surface area contributed by atoms with Crippen LogP contribution in [0.15, 0.2) is 0 Å². The lowest BCUT2D eigenvalue weighted by atomic mass is 9.90. The highest BCUT2D eigenvalue weighted by molar-refractivity contribution is 5.05. The van der Waals surface area contributed by atoms with Gasteiger partial charge in [-0.2, -0.15) is 0 Å². The fraction of sp³-hybridized carbons (Fsp3) is 1.00. The second kappa shape index (κ2) is 2.46. The lowest BCUT2D eigenvalue weighted by Gasteiger charge is -2.35. The summed E-state index contributed by atoms with van der Waals surface area (Å²) in [6.45, 7) is 2.13. The fourth-order valence-corrected chi connectivity index (χ4v) is 2.60. The molecule has 11 heavy (non-hydrogen) atoms. The summed E-state index contributed by atoms with van der Waals surface area (Å²) in [7, 11) is 2.23. The highest BCUT2D eigenvalue weighted by Gasteiger charge is 2.48. The van der Waals surface area contributed by atoms with Gasteiger partial charge < -0.3 is 5.73 Å². The van der Waals surface area contributed by atoms with Gasteiger partial charge in [0.2, 0.25) is 0 Å². The van der Waals surface area contributed by atoms with Crippen LogP contribution in [0.25, 0.3) is 0 Å². The molecule has 2 aliphatic rings. The van der Waals surface area contributed by atoms with Gasteiger partial charge in [-0.05, 0) is 45.2 Å². The van der Waals surface area contributed by atoms with Crippen molar-refractivity contribution in [3.8, 4) is 0 Å². The number of hydrogen-bond acceptors (Lipinski definition) is 2. The molecular weight excluding hydrogens is 136 g/mol. The molecule has 0 aromatic rings. The molecule has 2 fully saturated rings. The van der Waals surface area contributed by atoms with Gasteiger partial charge in [0.25, 0.3) is 0 Å². The molecule has 1 aliphatic heterocycles. The van der Waals surface area contributed by atoms with E-state index in [9.17, 15) is 0 Å². The van der Waals surface area contributed by atoms with Gasteiger partial charge in [-0.25, -0.2) is 0 Å². The van der Waals surface area contributed by atoms with Crippen LogP contribution < -0.4 is 5.73 Å². The number of likely N-dealkylation sites (N-methyl/N-ethyl adjacent to an activating group) is 1. The quantitative estimate of drug-likeness (QED) is 0.638. The minimum absolute atomic E-state index is 0.417. The molecule has 1 heterocycles. The van der Waals surface area contributed by atoms with Crippen molar-refractivity contribution in [1.29, 1.82) is 0 Å². The van der Waals surface area contributed by atoms with E-state index in [-0.39, 0.29) is 0 Å². The zero-order valence-electron chi connectivity index (χ0n) is 7.34. The Hall–Kier alpha value is -0.0800. The van der Waals surface area contributed by atoms with Crippen LogP contribution in [0.1, 0.15) is 25.7 Å². The van der Waals surface area contributed by atoms with Gasteiger partial charge in [0.15, 0.2) is 0 Å². The first-order valence-electron chi connectivity index (χ1n) is 4.71. The molecule has 0 bridgehead atoms. The Morgan fingerprint density at radius 2 is 2.27 bits per heavy atom. The molecule has 2 nitrogen and oxygen atoms in total. The maximum absolute atomic E-state index is 5.86. The zero-order chi connectivity index (χ0) is 7.90. The topological polar surface area (TPSA) is 29.3 Å². The van der Waals surface area contributed by atoms with Crippen LogP contribution in [0.2, 0.25) is 0 Å². The van der Waals surface area contributed by atoms with Crippen LogP contribution in [0, 0.1) is 5.92 Å². The van der Waals surface area contributed by atoms with Crippen molar-refractivity contribution in [2.45, 2.75) is 31.2 Å². The fourth-order valence-electron chi connectivity index (χ4n) is 2.60. The monoisotopic (exact) mass is 154 g/mol. The Morgan fingerprint density at radius 3 is 2.64 bits per heavy atom. The van der Waals surface area contributed by atoms with Gasteiger partial charge in [0.1, 0.15) is 0 Å². The van der Waals surface area contributed by atoms with Crippen molar-refractivity contribution < 1.29 is 0 Å². The molecule has 1 atom stereocenters. The third kappa shape index (κ3) is 1.00. The van der Waals surface area contributed by atoms with Crippen LogP contribution in [0.5, 0.6) is 0 Å². The normalized spacial score (nSPS) is 39.8. The average molecular weight is 154 g/mol. The summed E-state index contributed by atoms with van der Waals surface area (Å²) in [5.41, 5.74) is 6.28. The third-order valence-corrected chi connectivity index (χ3v) is 3.55. The summed E-state index contributed by atoms with van der Waals surface area (Å²) < 4.78 is 0. The SMILES string of the molecule is CN1CCCC1(CN)C1CC1. The minimum atomic E-state index is 0.417. The average Bonchev–Trinajstić information content (AvgIpc) is 2.78. The first-order valence-corrected chi connectivity index (χ1v) is 4.71. The number of hydrogen-bond donors (Lipinski definition) is 1. The van der Waals surface area contributed by atoms with Crippen LogP contribution in [-0.4, -0.2) is 30.6 Å². The first kappa shape index (κ1) is 7.56. The molecule has 0 aromatic heterocycles. The van der Waals surface area contributed by atoms with Crippen molar-refractivity contribution in [2.75, 3.05) is 20.1 Å². The predicted octanol–water partition coefficient (Wildman–Crippen LogP) is 0.819. The van der Waals surface area contributed by atoms with E-state index in [0.717, 1.165) is 12.5 Å². The van der Waals surface area contributed by atoms with E-state index in [1.807, 2.05) is 0 Å². The molecule has 1 unspecified atom stereocenters. The molecule has 2 rings (SSSR count). The Morgan fingerprint density at radius 1 is 1.55 bits per heavy atom. The molecule has 1 aliphatic carbocycles. The Labute approximate surface area is 68.7 Å². The first-order chi connectivity index (χ1) is 5.29. The van der Waals surface area contributed by atoms with Crippen molar-refractivity contribution in [2.24, 2.45) is 11.7 Å².